The Bertz CT molecular complexity index is 292. The van der Waals surface area contributed by atoms with E-state index in [1.165, 1.54) is 11.1 Å². The van der Waals surface area contributed by atoms with Gasteiger partial charge in [0.2, 0.25) is 0 Å². The lowest BCUT2D eigenvalue weighted by Crippen LogP contribution is -2.36. The minimum Gasteiger partial charge on any atom is -0.321 e. The lowest BCUT2D eigenvalue weighted by Gasteiger charge is -2.29. The van der Waals surface area contributed by atoms with Crippen molar-refractivity contribution in [3.05, 3.63) is 35.4 Å². The molecule has 86 valence electrons. The fraction of sp³-hybridized carbons (Fsp3) is 0.538. The Hall–Kier alpha value is -0.0900. The summed E-state index contributed by atoms with van der Waals surface area (Å²) in [6.45, 7) is 6.51. The normalized spacial score (nSPS) is 10.9. The Morgan fingerprint density at radius 1 is 1.07 bits per heavy atom. The van der Waals surface area contributed by atoms with Crippen molar-refractivity contribution in [2.45, 2.75) is 45.6 Å². The van der Waals surface area contributed by atoms with Gasteiger partial charge in [0.1, 0.15) is 0 Å². The summed E-state index contributed by atoms with van der Waals surface area (Å²) in [6, 6.07) is 8.53. The molecule has 0 bridgehead atoms. The fourth-order valence-electron chi connectivity index (χ4n) is 1.95. The third kappa shape index (κ3) is 3.18. The molecule has 0 fully saturated rings. The molecular formula is C13H22IN. The number of halogens is 1. The van der Waals surface area contributed by atoms with E-state index in [0.717, 1.165) is 19.3 Å². The second-order valence-corrected chi connectivity index (χ2v) is 3.87. The molecule has 2 heteroatoms. The Labute approximate surface area is 110 Å². The molecule has 0 saturated carbocycles. The van der Waals surface area contributed by atoms with Crippen molar-refractivity contribution in [3.63, 3.8) is 0 Å². The molecule has 1 aromatic carbocycles. The quantitative estimate of drug-likeness (QED) is 0.839. The van der Waals surface area contributed by atoms with E-state index in [2.05, 4.69) is 45.0 Å². The van der Waals surface area contributed by atoms with Crippen LogP contribution in [-0.2, 0) is 12.0 Å². The Morgan fingerprint density at radius 2 is 1.60 bits per heavy atom. The van der Waals surface area contributed by atoms with Gasteiger partial charge in [-0.15, -0.1) is 24.0 Å². The van der Waals surface area contributed by atoms with E-state index in [1.54, 1.807) is 0 Å². The average molecular weight is 319 g/mol. The van der Waals surface area contributed by atoms with Crippen molar-refractivity contribution in [2.75, 3.05) is 0 Å². The van der Waals surface area contributed by atoms with E-state index in [-0.39, 0.29) is 29.5 Å². The first-order valence-corrected chi connectivity index (χ1v) is 5.55. The number of nitrogens with two attached hydrogens (primary N) is 1. The molecule has 0 aliphatic carbocycles. The maximum Gasteiger partial charge on any atom is 0.0407 e. The summed E-state index contributed by atoms with van der Waals surface area (Å²) in [7, 11) is 0. The molecule has 0 saturated heterocycles. The van der Waals surface area contributed by atoms with Gasteiger partial charge in [-0.2, -0.15) is 0 Å². The van der Waals surface area contributed by atoms with Crippen molar-refractivity contribution in [2.24, 2.45) is 5.73 Å². The van der Waals surface area contributed by atoms with Gasteiger partial charge in [-0.05, 0) is 30.4 Å². The van der Waals surface area contributed by atoms with Crippen molar-refractivity contribution in [1.82, 2.24) is 0 Å². The maximum atomic E-state index is 6.39. The highest BCUT2D eigenvalue weighted by molar-refractivity contribution is 14.0. The minimum absolute atomic E-state index is 0. The van der Waals surface area contributed by atoms with Gasteiger partial charge in [-0.1, -0.05) is 45.0 Å². The smallest absolute Gasteiger partial charge is 0.0407 e. The Morgan fingerprint density at radius 3 is 2.07 bits per heavy atom. The Balaban J connectivity index is 0.00000196. The third-order valence-electron chi connectivity index (χ3n) is 3.20. The van der Waals surface area contributed by atoms with E-state index in [1.807, 2.05) is 0 Å². The van der Waals surface area contributed by atoms with Crippen LogP contribution >= 0.6 is 24.0 Å². The van der Waals surface area contributed by atoms with Crippen LogP contribution in [0.4, 0.5) is 0 Å². The molecule has 0 heterocycles. The first kappa shape index (κ1) is 14.9. The molecule has 2 N–H and O–H groups in total. The third-order valence-corrected chi connectivity index (χ3v) is 3.20. The summed E-state index contributed by atoms with van der Waals surface area (Å²) in [5.41, 5.74) is 8.98. The van der Waals surface area contributed by atoms with Crippen LogP contribution in [0.5, 0.6) is 0 Å². The molecule has 0 aromatic heterocycles. The number of hydrogen-bond donors (Lipinski definition) is 1. The lowest BCUT2D eigenvalue weighted by atomic mass is 9.82. The molecule has 0 amide bonds. The van der Waals surface area contributed by atoms with Gasteiger partial charge in [-0.3, -0.25) is 0 Å². The van der Waals surface area contributed by atoms with Crippen molar-refractivity contribution in [1.29, 1.82) is 0 Å². The molecular weight excluding hydrogens is 297 g/mol. The highest BCUT2D eigenvalue weighted by Gasteiger charge is 2.24. The highest BCUT2D eigenvalue weighted by atomic mass is 127. The van der Waals surface area contributed by atoms with Crippen LogP contribution in [0.2, 0.25) is 0 Å². The van der Waals surface area contributed by atoms with Gasteiger partial charge in [-0.25, -0.2) is 0 Å². The fourth-order valence-corrected chi connectivity index (χ4v) is 1.95. The summed E-state index contributed by atoms with van der Waals surface area (Å²) >= 11 is 0. The number of rotatable bonds is 4. The number of aryl methyl sites for hydroxylation is 1. The SMILES string of the molecule is CCc1ccccc1C(N)(CC)CC.I. The zero-order valence-corrected chi connectivity index (χ0v) is 12.2. The summed E-state index contributed by atoms with van der Waals surface area (Å²) in [5.74, 6) is 0. The van der Waals surface area contributed by atoms with Crippen LogP contribution in [0.25, 0.3) is 0 Å². The standard InChI is InChI=1S/C13H21N.HI/c1-4-11-9-7-8-10-12(11)13(14,5-2)6-3;/h7-10H,4-6,14H2,1-3H3;1H. The van der Waals surface area contributed by atoms with Crippen LogP contribution in [0.1, 0.15) is 44.7 Å². The maximum absolute atomic E-state index is 6.39. The van der Waals surface area contributed by atoms with Gasteiger partial charge in [0.25, 0.3) is 0 Å². The van der Waals surface area contributed by atoms with Crippen LogP contribution in [0, 0.1) is 0 Å². The topological polar surface area (TPSA) is 26.0 Å². The molecule has 0 unspecified atom stereocenters. The van der Waals surface area contributed by atoms with Crippen molar-refractivity contribution in [3.8, 4) is 0 Å². The average Bonchev–Trinajstić information content (AvgIpc) is 2.28. The van der Waals surface area contributed by atoms with Gasteiger partial charge in [0, 0.05) is 5.54 Å². The van der Waals surface area contributed by atoms with E-state index < -0.39 is 0 Å². The lowest BCUT2D eigenvalue weighted by molar-refractivity contribution is 0.409. The molecule has 15 heavy (non-hydrogen) atoms. The minimum atomic E-state index is -0.132. The molecule has 1 nitrogen and oxygen atoms in total. The first-order chi connectivity index (χ1) is 6.68. The van der Waals surface area contributed by atoms with E-state index >= 15 is 0 Å². The van der Waals surface area contributed by atoms with Crippen LogP contribution < -0.4 is 5.73 Å². The van der Waals surface area contributed by atoms with Crippen molar-refractivity contribution < 1.29 is 0 Å². The summed E-state index contributed by atoms with van der Waals surface area (Å²) < 4.78 is 0. The predicted molar refractivity (Wildman–Crippen MR) is 77.7 cm³/mol. The van der Waals surface area contributed by atoms with Crippen LogP contribution in [-0.4, -0.2) is 0 Å². The molecule has 0 aliphatic rings. The molecule has 0 aliphatic heterocycles. The first-order valence-electron chi connectivity index (χ1n) is 5.55. The molecule has 1 rings (SSSR count). The number of hydrogen-bond acceptors (Lipinski definition) is 1. The van der Waals surface area contributed by atoms with Gasteiger partial charge in [0.05, 0.1) is 0 Å². The Kier molecular flexibility index (Phi) is 6.44. The molecule has 0 atom stereocenters. The summed E-state index contributed by atoms with van der Waals surface area (Å²) in [6.07, 6.45) is 3.07. The van der Waals surface area contributed by atoms with Crippen molar-refractivity contribution >= 4 is 24.0 Å². The zero-order chi connectivity index (χ0) is 10.6. The molecule has 0 spiro atoms. The van der Waals surface area contributed by atoms with Crippen LogP contribution in [0.3, 0.4) is 0 Å². The molecule has 1 aromatic rings. The largest absolute Gasteiger partial charge is 0.321 e. The predicted octanol–water partition coefficient (Wildman–Crippen LogP) is 3.84. The molecule has 0 radical (unpaired) electrons. The summed E-state index contributed by atoms with van der Waals surface area (Å²) in [5, 5.41) is 0. The second kappa shape index (κ2) is 6.48. The van der Waals surface area contributed by atoms with Gasteiger partial charge in [0.15, 0.2) is 0 Å². The van der Waals surface area contributed by atoms with E-state index in [0.29, 0.717) is 0 Å². The second-order valence-electron chi connectivity index (χ2n) is 3.87. The monoisotopic (exact) mass is 319 g/mol. The van der Waals surface area contributed by atoms with E-state index in [4.69, 9.17) is 5.73 Å². The van der Waals surface area contributed by atoms with Crippen LogP contribution in [0.15, 0.2) is 24.3 Å². The number of benzene rings is 1. The van der Waals surface area contributed by atoms with E-state index in [9.17, 15) is 0 Å². The van der Waals surface area contributed by atoms with Gasteiger partial charge < -0.3 is 5.73 Å². The zero-order valence-electron chi connectivity index (χ0n) is 9.92. The summed E-state index contributed by atoms with van der Waals surface area (Å²) in [4.78, 5) is 0. The highest BCUT2D eigenvalue weighted by Crippen LogP contribution is 2.28. The van der Waals surface area contributed by atoms with Gasteiger partial charge >= 0.3 is 0 Å².